The number of nitrogens with zero attached hydrogens (tertiary/aromatic N) is 1. The lowest BCUT2D eigenvalue weighted by Crippen LogP contribution is -2.41. The number of benzene rings is 1. The number of hydrogen-bond acceptors (Lipinski definition) is 2. The third-order valence-electron chi connectivity index (χ3n) is 4.26. The van der Waals surface area contributed by atoms with Crippen molar-refractivity contribution in [2.24, 2.45) is 10.9 Å². The molecule has 0 fully saturated rings. The van der Waals surface area contributed by atoms with Gasteiger partial charge in [0.1, 0.15) is 0 Å². The van der Waals surface area contributed by atoms with Gasteiger partial charge >= 0.3 is 0 Å². The van der Waals surface area contributed by atoms with Gasteiger partial charge in [0, 0.05) is 29.7 Å². The van der Waals surface area contributed by atoms with E-state index < -0.39 is 0 Å². The molecule has 0 amide bonds. The molecule has 0 aromatic heterocycles. The van der Waals surface area contributed by atoms with Gasteiger partial charge in [-0.3, -0.25) is 9.79 Å². The molecule has 0 bridgehead atoms. The van der Waals surface area contributed by atoms with Gasteiger partial charge in [0.2, 0.25) is 0 Å². The average Bonchev–Trinajstić information content (AvgIpc) is 2.58. The highest BCUT2D eigenvalue weighted by molar-refractivity contribution is 6.18. The molecule has 2 atom stereocenters. The molecule has 1 aliphatic heterocycles. The number of fused-ring (bicyclic) bond motifs is 3. The smallest absolute Gasteiger partial charge is 0.168 e. The minimum Gasteiger partial charge on any atom is -0.294 e. The highest BCUT2D eigenvalue weighted by atomic mass is 16.1. The van der Waals surface area contributed by atoms with Gasteiger partial charge in [-0.1, -0.05) is 31.2 Å². The molecule has 82 valence electrons. The zero-order valence-electron chi connectivity index (χ0n) is 9.66. The Morgan fingerprint density at radius 2 is 2.12 bits per heavy atom. The predicted molar refractivity (Wildman–Crippen MR) is 64.2 cm³/mol. The monoisotopic (exact) mass is 213 g/mol. The Morgan fingerprint density at radius 1 is 1.38 bits per heavy atom. The van der Waals surface area contributed by atoms with E-state index in [4.69, 9.17) is 0 Å². The first kappa shape index (κ1) is 9.76. The third-order valence-corrected chi connectivity index (χ3v) is 4.26. The zero-order valence-corrected chi connectivity index (χ0v) is 9.66. The maximum atomic E-state index is 12.0. The summed E-state index contributed by atoms with van der Waals surface area (Å²) in [6.45, 7) is 5.31. The normalized spacial score (nSPS) is 32.0. The molecule has 3 rings (SSSR count). The minimum absolute atomic E-state index is 0.00942. The summed E-state index contributed by atoms with van der Waals surface area (Å²) in [5, 5.41) is 0. The van der Waals surface area contributed by atoms with Crippen molar-refractivity contribution in [3.8, 4) is 0 Å². The first-order chi connectivity index (χ1) is 7.64. The lowest BCUT2D eigenvalue weighted by Gasteiger charge is -2.36. The molecule has 0 saturated carbocycles. The second-order valence-corrected chi connectivity index (χ2v) is 5.04. The molecule has 0 N–H and O–H groups in total. The average molecular weight is 213 g/mol. The molecule has 2 nitrogen and oxygen atoms in total. The molecular formula is C14H15NO. The summed E-state index contributed by atoms with van der Waals surface area (Å²) in [5.41, 5.74) is 3.15. The third kappa shape index (κ3) is 1.02. The van der Waals surface area contributed by atoms with Gasteiger partial charge in [-0.15, -0.1) is 0 Å². The number of hydrogen-bond donors (Lipinski definition) is 0. The molecule has 0 spiro atoms. The fourth-order valence-corrected chi connectivity index (χ4v) is 2.97. The Hall–Kier alpha value is -1.44. The number of aliphatic imine (C=N–C) groups is 1. The fraction of sp³-hybridized carbons (Fsp3) is 0.429. The Labute approximate surface area is 95.4 Å². The van der Waals surface area contributed by atoms with Crippen molar-refractivity contribution in [1.82, 2.24) is 0 Å². The second kappa shape index (κ2) is 3.03. The molecule has 16 heavy (non-hydrogen) atoms. The van der Waals surface area contributed by atoms with E-state index in [1.165, 1.54) is 5.56 Å². The van der Waals surface area contributed by atoms with Crippen molar-refractivity contribution in [2.45, 2.75) is 25.7 Å². The predicted octanol–water partition coefficient (Wildman–Crippen LogP) is 2.62. The molecule has 2 aliphatic rings. The van der Waals surface area contributed by atoms with E-state index in [1.807, 2.05) is 18.2 Å². The molecule has 2 heteroatoms. The zero-order chi connectivity index (χ0) is 11.3. The van der Waals surface area contributed by atoms with Crippen LogP contribution in [0.5, 0.6) is 0 Å². The van der Waals surface area contributed by atoms with Gasteiger partial charge in [-0.2, -0.15) is 0 Å². The van der Waals surface area contributed by atoms with Crippen molar-refractivity contribution in [2.75, 3.05) is 6.54 Å². The van der Waals surface area contributed by atoms with Crippen LogP contribution < -0.4 is 0 Å². The number of ketones is 1. The van der Waals surface area contributed by atoms with E-state index in [2.05, 4.69) is 24.9 Å². The molecule has 2 unspecified atom stereocenters. The summed E-state index contributed by atoms with van der Waals surface area (Å²) >= 11 is 0. The Kier molecular flexibility index (Phi) is 1.85. The maximum absolute atomic E-state index is 12.0. The first-order valence-corrected chi connectivity index (χ1v) is 5.80. The lowest BCUT2D eigenvalue weighted by atomic mass is 9.65. The van der Waals surface area contributed by atoms with E-state index in [9.17, 15) is 4.79 Å². The topological polar surface area (TPSA) is 29.4 Å². The molecule has 1 aromatic carbocycles. The van der Waals surface area contributed by atoms with Crippen LogP contribution in [0.2, 0.25) is 0 Å². The van der Waals surface area contributed by atoms with Gasteiger partial charge in [0.15, 0.2) is 5.78 Å². The second-order valence-electron chi connectivity index (χ2n) is 5.04. The van der Waals surface area contributed by atoms with E-state index in [-0.39, 0.29) is 11.2 Å². The minimum atomic E-state index is -0.00942. The summed E-state index contributed by atoms with van der Waals surface area (Å²) in [4.78, 5) is 16.6. The number of rotatable bonds is 0. The van der Waals surface area contributed by atoms with Crippen LogP contribution in [0.25, 0.3) is 0 Å². The highest BCUT2D eigenvalue weighted by Gasteiger charge is 2.47. The Bertz CT molecular complexity index is 503. The summed E-state index contributed by atoms with van der Waals surface area (Å²) in [6.07, 6.45) is 0.512. The van der Waals surface area contributed by atoms with Crippen LogP contribution in [-0.4, -0.2) is 18.0 Å². The van der Waals surface area contributed by atoms with Crippen LogP contribution in [0.1, 0.15) is 36.2 Å². The maximum Gasteiger partial charge on any atom is 0.168 e. The van der Waals surface area contributed by atoms with Crippen LogP contribution in [0, 0.1) is 5.92 Å². The van der Waals surface area contributed by atoms with Crippen molar-refractivity contribution >= 4 is 11.5 Å². The van der Waals surface area contributed by atoms with Gasteiger partial charge in [-0.05, 0) is 18.4 Å². The van der Waals surface area contributed by atoms with Crippen molar-refractivity contribution in [3.05, 3.63) is 35.4 Å². The van der Waals surface area contributed by atoms with Crippen LogP contribution in [0.3, 0.4) is 0 Å². The van der Waals surface area contributed by atoms with Crippen molar-refractivity contribution in [1.29, 1.82) is 0 Å². The summed E-state index contributed by atoms with van der Waals surface area (Å²) in [7, 11) is 0. The van der Waals surface area contributed by atoms with E-state index in [1.54, 1.807) is 0 Å². The largest absolute Gasteiger partial charge is 0.294 e. The van der Waals surface area contributed by atoms with Gasteiger partial charge < -0.3 is 0 Å². The fourth-order valence-electron chi connectivity index (χ4n) is 2.97. The SMILES string of the molecule is CC1CN=C2CC(=O)c3ccccc3C21C. The molecule has 0 saturated heterocycles. The quantitative estimate of drug-likeness (QED) is 0.651. The van der Waals surface area contributed by atoms with Gasteiger partial charge in [0.25, 0.3) is 0 Å². The van der Waals surface area contributed by atoms with Gasteiger partial charge in [-0.25, -0.2) is 0 Å². The molecular weight excluding hydrogens is 198 g/mol. The lowest BCUT2D eigenvalue weighted by molar-refractivity contribution is 0.0991. The van der Waals surface area contributed by atoms with E-state index in [0.29, 0.717) is 12.3 Å². The summed E-state index contributed by atoms with van der Waals surface area (Å²) < 4.78 is 0. The van der Waals surface area contributed by atoms with Crippen LogP contribution in [0.4, 0.5) is 0 Å². The highest BCUT2D eigenvalue weighted by Crippen LogP contribution is 2.44. The van der Waals surface area contributed by atoms with Crippen LogP contribution in [0.15, 0.2) is 29.3 Å². The van der Waals surface area contributed by atoms with Crippen LogP contribution >= 0.6 is 0 Å². The van der Waals surface area contributed by atoms with Gasteiger partial charge in [0.05, 0.1) is 0 Å². The van der Waals surface area contributed by atoms with Crippen LogP contribution in [-0.2, 0) is 5.41 Å². The first-order valence-electron chi connectivity index (χ1n) is 5.80. The summed E-state index contributed by atoms with van der Waals surface area (Å²) in [5.74, 6) is 0.720. The summed E-state index contributed by atoms with van der Waals surface area (Å²) in [6, 6.07) is 8.00. The van der Waals surface area contributed by atoms with E-state index in [0.717, 1.165) is 17.8 Å². The van der Waals surface area contributed by atoms with Crippen molar-refractivity contribution < 1.29 is 4.79 Å². The molecule has 0 radical (unpaired) electrons. The number of Topliss-reactive ketones (excluding diaryl/α,β-unsaturated/α-hetero) is 1. The number of carbonyl (C=O) groups excluding carboxylic acids is 1. The molecule has 1 heterocycles. The van der Waals surface area contributed by atoms with Crippen molar-refractivity contribution in [3.63, 3.8) is 0 Å². The number of carbonyl (C=O) groups is 1. The molecule has 1 aliphatic carbocycles. The van der Waals surface area contributed by atoms with E-state index >= 15 is 0 Å². The Balaban J connectivity index is 2.28. The molecule has 1 aromatic rings. The Morgan fingerprint density at radius 3 is 2.94 bits per heavy atom. The standard InChI is InChI=1S/C14H15NO/c1-9-8-15-13-7-12(16)10-5-3-4-6-11(10)14(9,13)2/h3-6,9H,7-8H2,1-2H3.